The number of hydrogen-bond acceptors (Lipinski definition) is 3. The Kier molecular flexibility index (Phi) is 5.72. The van der Waals surface area contributed by atoms with Crippen molar-refractivity contribution in [2.45, 2.75) is 19.4 Å². The Bertz CT molecular complexity index is 641. The van der Waals surface area contributed by atoms with E-state index < -0.39 is 12.1 Å². The van der Waals surface area contributed by atoms with E-state index in [4.69, 9.17) is 4.74 Å². The third-order valence-corrected chi connectivity index (χ3v) is 3.51. The molecule has 0 saturated heterocycles. The molecule has 0 bridgehead atoms. The second-order valence-electron chi connectivity index (χ2n) is 4.79. The lowest BCUT2D eigenvalue weighted by molar-refractivity contribution is -0.152. The van der Waals surface area contributed by atoms with Gasteiger partial charge in [-0.3, -0.25) is 9.59 Å². The molecule has 2 aromatic rings. The van der Waals surface area contributed by atoms with Gasteiger partial charge in [0.25, 0.3) is 5.91 Å². The number of esters is 1. The van der Waals surface area contributed by atoms with Gasteiger partial charge in [0.05, 0.1) is 6.42 Å². The molecule has 0 aliphatic heterocycles. The van der Waals surface area contributed by atoms with Crippen molar-refractivity contribution < 1.29 is 14.3 Å². The number of hydrogen-bond donors (Lipinski definition) is 1. The van der Waals surface area contributed by atoms with Crippen LogP contribution >= 0.6 is 15.9 Å². The second-order valence-corrected chi connectivity index (χ2v) is 5.71. The van der Waals surface area contributed by atoms with Crippen molar-refractivity contribution in [2.24, 2.45) is 0 Å². The molecule has 0 fully saturated rings. The predicted octanol–water partition coefficient (Wildman–Crippen LogP) is 3.56. The Morgan fingerprint density at radius 3 is 2.36 bits per heavy atom. The smallest absolute Gasteiger partial charge is 0.311 e. The van der Waals surface area contributed by atoms with Crippen LogP contribution in [0.2, 0.25) is 0 Å². The van der Waals surface area contributed by atoms with Gasteiger partial charge in [-0.15, -0.1) is 0 Å². The highest BCUT2D eigenvalue weighted by Gasteiger charge is 2.18. The molecule has 0 aromatic heterocycles. The summed E-state index contributed by atoms with van der Waals surface area (Å²) >= 11 is 3.33. The number of para-hydroxylation sites is 1. The standard InChI is InChI=1S/C17H16BrNO3/c1-12(17(21)19-15-5-3-2-4-6-15)22-16(20)11-13-7-9-14(18)10-8-13/h2-10,12H,11H2,1H3,(H,19,21)/t12-/m1/s1. The first-order valence-electron chi connectivity index (χ1n) is 6.84. The summed E-state index contributed by atoms with van der Waals surface area (Å²) in [6, 6.07) is 16.4. The quantitative estimate of drug-likeness (QED) is 0.828. The van der Waals surface area contributed by atoms with E-state index in [1.807, 2.05) is 42.5 Å². The van der Waals surface area contributed by atoms with E-state index in [-0.39, 0.29) is 12.3 Å². The van der Waals surface area contributed by atoms with Crippen LogP contribution in [-0.2, 0) is 20.7 Å². The Morgan fingerprint density at radius 1 is 1.09 bits per heavy atom. The van der Waals surface area contributed by atoms with Gasteiger partial charge in [0.15, 0.2) is 6.10 Å². The van der Waals surface area contributed by atoms with E-state index in [0.717, 1.165) is 10.0 Å². The van der Waals surface area contributed by atoms with Crippen LogP contribution in [0.3, 0.4) is 0 Å². The third kappa shape index (κ3) is 5.00. The van der Waals surface area contributed by atoms with Crippen molar-refractivity contribution in [3.05, 3.63) is 64.6 Å². The third-order valence-electron chi connectivity index (χ3n) is 2.98. The van der Waals surface area contributed by atoms with Crippen LogP contribution in [0.1, 0.15) is 12.5 Å². The van der Waals surface area contributed by atoms with Gasteiger partial charge in [-0.25, -0.2) is 0 Å². The molecule has 0 heterocycles. The molecule has 5 heteroatoms. The zero-order valence-electron chi connectivity index (χ0n) is 12.1. The number of carbonyl (C=O) groups excluding carboxylic acids is 2. The first-order chi connectivity index (χ1) is 10.5. The topological polar surface area (TPSA) is 55.4 Å². The highest BCUT2D eigenvalue weighted by molar-refractivity contribution is 9.10. The summed E-state index contributed by atoms with van der Waals surface area (Å²) in [5, 5.41) is 2.70. The lowest BCUT2D eigenvalue weighted by Gasteiger charge is -2.13. The van der Waals surface area contributed by atoms with Gasteiger partial charge in [0, 0.05) is 10.2 Å². The lowest BCUT2D eigenvalue weighted by Crippen LogP contribution is -2.30. The summed E-state index contributed by atoms with van der Waals surface area (Å²) in [6.45, 7) is 1.55. The van der Waals surface area contributed by atoms with Crippen molar-refractivity contribution in [3.63, 3.8) is 0 Å². The first kappa shape index (κ1) is 16.2. The van der Waals surface area contributed by atoms with Crippen LogP contribution in [0.4, 0.5) is 5.69 Å². The second kappa shape index (κ2) is 7.75. The molecule has 1 atom stereocenters. The number of ether oxygens (including phenoxy) is 1. The largest absolute Gasteiger partial charge is 0.452 e. The van der Waals surface area contributed by atoms with Gasteiger partial charge >= 0.3 is 5.97 Å². The SMILES string of the molecule is C[C@@H](OC(=O)Cc1ccc(Br)cc1)C(=O)Nc1ccccc1. The first-order valence-corrected chi connectivity index (χ1v) is 7.64. The molecule has 2 rings (SSSR count). The van der Waals surface area contributed by atoms with E-state index in [1.165, 1.54) is 0 Å². The molecule has 2 aromatic carbocycles. The Labute approximate surface area is 137 Å². The minimum atomic E-state index is -0.844. The van der Waals surface area contributed by atoms with E-state index in [2.05, 4.69) is 21.2 Å². The maximum absolute atomic E-state index is 12.0. The minimum Gasteiger partial charge on any atom is -0.452 e. The molecule has 0 aliphatic carbocycles. The van der Waals surface area contributed by atoms with Gasteiger partial charge in [0.1, 0.15) is 0 Å². The molecule has 114 valence electrons. The summed E-state index contributed by atoms with van der Waals surface area (Å²) in [5.74, 6) is -0.784. The Morgan fingerprint density at radius 2 is 1.73 bits per heavy atom. The molecule has 1 amide bonds. The van der Waals surface area contributed by atoms with Gasteiger partial charge in [-0.2, -0.15) is 0 Å². The normalized spacial score (nSPS) is 11.5. The average molecular weight is 362 g/mol. The van der Waals surface area contributed by atoms with E-state index in [9.17, 15) is 9.59 Å². The van der Waals surface area contributed by atoms with Gasteiger partial charge < -0.3 is 10.1 Å². The van der Waals surface area contributed by atoms with E-state index in [1.54, 1.807) is 19.1 Å². The Hall–Kier alpha value is -2.14. The van der Waals surface area contributed by atoms with Gasteiger partial charge in [-0.1, -0.05) is 46.3 Å². The van der Waals surface area contributed by atoms with Crippen LogP contribution in [0.5, 0.6) is 0 Å². The number of nitrogens with one attached hydrogen (secondary N) is 1. The van der Waals surface area contributed by atoms with Crippen LogP contribution in [0.15, 0.2) is 59.1 Å². The highest BCUT2D eigenvalue weighted by Crippen LogP contribution is 2.12. The van der Waals surface area contributed by atoms with Gasteiger partial charge in [-0.05, 0) is 36.8 Å². The molecule has 0 aliphatic rings. The lowest BCUT2D eigenvalue weighted by atomic mass is 10.1. The van der Waals surface area contributed by atoms with E-state index >= 15 is 0 Å². The van der Waals surface area contributed by atoms with Crippen LogP contribution in [-0.4, -0.2) is 18.0 Å². The minimum absolute atomic E-state index is 0.135. The van der Waals surface area contributed by atoms with E-state index in [0.29, 0.717) is 5.69 Å². The molecule has 0 radical (unpaired) electrons. The molecule has 1 N–H and O–H groups in total. The summed E-state index contributed by atoms with van der Waals surface area (Å²) in [5.41, 5.74) is 1.51. The monoisotopic (exact) mass is 361 g/mol. The molecule has 0 saturated carbocycles. The number of benzene rings is 2. The molecule has 0 spiro atoms. The highest BCUT2D eigenvalue weighted by atomic mass is 79.9. The van der Waals surface area contributed by atoms with Crippen molar-refractivity contribution in [1.82, 2.24) is 0 Å². The maximum atomic E-state index is 12.0. The van der Waals surface area contributed by atoms with Crippen molar-refractivity contribution in [1.29, 1.82) is 0 Å². The number of amides is 1. The van der Waals surface area contributed by atoms with Crippen LogP contribution in [0, 0.1) is 0 Å². The Balaban J connectivity index is 1.85. The summed E-state index contributed by atoms with van der Waals surface area (Å²) < 4.78 is 6.10. The fraction of sp³-hybridized carbons (Fsp3) is 0.176. The molecular weight excluding hydrogens is 346 g/mol. The summed E-state index contributed by atoms with van der Waals surface area (Å²) in [6.07, 6.45) is -0.709. The number of carbonyl (C=O) groups is 2. The summed E-state index contributed by atoms with van der Waals surface area (Å²) in [7, 11) is 0. The zero-order chi connectivity index (χ0) is 15.9. The fourth-order valence-corrected chi connectivity index (χ4v) is 2.09. The fourth-order valence-electron chi connectivity index (χ4n) is 1.83. The van der Waals surface area contributed by atoms with Crippen molar-refractivity contribution in [3.8, 4) is 0 Å². The molecule has 0 unspecified atom stereocenters. The average Bonchev–Trinajstić information content (AvgIpc) is 2.50. The predicted molar refractivity (Wildman–Crippen MR) is 88.5 cm³/mol. The van der Waals surface area contributed by atoms with Crippen LogP contribution in [0.25, 0.3) is 0 Å². The molecular formula is C17H16BrNO3. The number of halogens is 1. The number of anilines is 1. The zero-order valence-corrected chi connectivity index (χ0v) is 13.7. The van der Waals surface area contributed by atoms with Crippen molar-refractivity contribution in [2.75, 3.05) is 5.32 Å². The molecule has 22 heavy (non-hydrogen) atoms. The maximum Gasteiger partial charge on any atom is 0.311 e. The van der Waals surface area contributed by atoms with Gasteiger partial charge in [0.2, 0.25) is 0 Å². The molecule has 4 nitrogen and oxygen atoms in total. The summed E-state index contributed by atoms with van der Waals surface area (Å²) in [4.78, 5) is 23.8. The number of rotatable bonds is 5. The van der Waals surface area contributed by atoms with Crippen molar-refractivity contribution >= 4 is 33.5 Å². The van der Waals surface area contributed by atoms with Crippen LogP contribution < -0.4 is 5.32 Å².